The zero-order chi connectivity index (χ0) is 20.2. The van der Waals surface area contributed by atoms with E-state index in [1.165, 1.54) is 18.3 Å². The van der Waals surface area contributed by atoms with Crippen LogP contribution < -0.4 is 0 Å². The number of rotatable bonds is 3. The van der Waals surface area contributed by atoms with Gasteiger partial charge in [0.05, 0.1) is 16.0 Å². The standard InChI is InChI=1S/C13H10F3N3O6S2/c1-26(21,22)9-3-2-4-17-10(9)11-18-8-5-7(6-19(20)12(8)25-11)27(23,24)13(14,15)16/h2-6,12,20H,1H3. The van der Waals surface area contributed by atoms with Gasteiger partial charge in [-0.15, -0.1) is 0 Å². The van der Waals surface area contributed by atoms with Gasteiger partial charge >= 0.3 is 5.51 Å². The molecule has 0 fully saturated rings. The molecule has 0 bridgehead atoms. The van der Waals surface area contributed by atoms with Crippen LogP contribution in [0.3, 0.4) is 0 Å². The molecule has 0 aliphatic carbocycles. The van der Waals surface area contributed by atoms with E-state index in [1.54, 1.807) is 0 Å². The second kappa shape index (κ2) is 6.03. The van der Waals surface area contributed by atoms with Gasteiger partial charge < -0.3 is 4.74 Å². The summed E-state index contributed by atoms with van der Waals surface area (Å²) < 4.78 is 90.1. The summed E-state index contributed by atoms with van der Waals surface area (Å²) >= 11 is 0. The Labute approximate surface area is 150 Å². The molecule has 0 aromatic carbocycles. The number of nitrogens with zero attached hydrogens (tertiary/aromatic N) is 3. The lowest BCUT2D eigenvalue weighted by Crippen LogP contribution is -2.35. The van der Waals surface area contributed by atoms with Gasteiger partial charge in [0, 0.05) is 12.5 Å². The van der Waals surface area contributed by atoms with Crippen LogP contribution in [-0.2, 0) is 24.4 Å². The predicted molar refractivity (Wildman–Crippen MR) is 83.5 cm³/mol. The molecule has 3 rings (SSSR count). The van der Waals surface area contributed by atoms with Gasteiger partial charge in [-0.1, -0.05) is 0 Å². The van der Waals surface area contributed by atoms with Crippen molar-refractivity contribution in [3.05, 3.63) is 46.9 Å². The van der Waals surface area contributed by atoms with Crippen LogP contribution in [-0.4, -0.2) is 56.0 Å². The second-order valence-electron chi connectivity index (χ2n) is 5.44. The highest BCUT2D eigenvalue weighted by atomic mass is 32.2. The third-order valence-corrected chi connectivity index (χ3v) is 6.07. The molecule has 27 heavy (non-hydrogen) atoms. The van der Waals surface area contributed by atoms with Gasteiger partial charge in [0.1, 0.15) is 11.4 Å². The van der Waals surface area contributed by atoms with E-state index in [0.717, 1.165) is 6.26 Å². The Bertz CT molecular complexity index is 1110. The maximum absolute atomic E-state index is 12.7. The van der Waals surface area contributed by atoms with Gasteiger partial charge in [-0.2, -0.15) is 13.2 Å². The van der Waals surface area contributed by atoms with Crippen molar-refractivity contribution in [3.63, 3.8) is 0 Å². The van der Waals surface area contributed by atoms with E-state index in [4.69, 9.17) is 4.74 Å². The monoisotopic (exact) mass is 425 g/mol. The highest BCUT2D eigenvalue weighted by molar-refractivity contribution is 7.96. The first-order chi connectivity index (χ1) is 12.3. The van der Waals surface area contributed by atoms with Crippen LogP contribution in [0.5, 0.6) is 0 Å². The molecule has 0 radical (unpaired) electrons. The Morgan fingerprint density at radius 1 is 1.26 bits per heavy atom. The molecule has 0 saturated carbocycles. The quantitative estimate of drug-likeness (QED) is 0.759. The van der Waals surface area contributed by atoms with Crippen LogP contribution in [0.15, 0.2) is 51.1 Å². The van der Waals surface area contributed by atoms with E-state index >= 15 is 0 Å². The summed E-state index contributed by atoms with van der Waals surface area (Å²) in [5, 5.41) is 9.91. The molecule has 0 amide bonds. The van der Waals surface area contributed by atoms with E-state index in [0.29, 0.717) is 12.3 Å². The summed E-state index contributed by atoms with van der Waals surface area (Å²) in [6.45, 7) is 0. The number of alkyl halides is 3. The van der Waals surface area contributed by atoms with Crippen LogP contribution in [0, 0.1) is 0 Å². The van der Waals surface area contributed by atoms with Gasteiger partial charge in [-0.05, 0) is 18.2 Å². The number of sulfone groups is 2. The highest BCUT2D eigenvalue weighted by Crippen LogP contribution is 2.36. The Morgan fingerprint density at radius 2 is 1.93 bits per heavy atom. The Morgan fingerprint density at radius 3 is 2.52 bits per heavy atom. The fraction of sp³-hybridized carbons (Fsp3) is 0.231. The van der Waals surface area contributed by atoms with Crippen molar-refractivity contribution >= 4 is 25.6 Å². The number of hydroxylamine groups is 2. The number of aliphatic imine (C=N–C) groups is 1. The molecule has 1 unspecified atom stereocenters. The van der Waals surface area contributed by atoms with Crippen LogP contribution in [0.4, 0.5) is 13.2 Å². The first-order valence-electron chi connectivity index (χ1n) is 6.95. The summed E-state index contributed by atoms with van der Waals surface area (Å²) in [6, 6.07) is 2.56. The molecule has 0 spiro atoms. The third-order valence-electron chi connectivity index (χ3n) is 3.48. The van der Waals surface area contributed by atoms with Crippen molar-refractivity contribution in [3.8, 4) is 0 Å². The Kier molecular flexibility index (Phi) is 4.32. The van der Waals surface area contributed by atoms with Gasteiger partial charge in [0.2, 0.25) is 12.1 Å². The molecule has 14 heteroatoms. The van der Waals surface area contributed by atoms with Gasteiger partial charge in [-0.3, -0.25) is 5.21 Å². The van der Waals surface area contributed by atoms with Crippen LogP contribution in [0.2, 0.25) is 0 Å². The van der Waals surface area contributed by atoms with Gasteiger partial charge in [-0.25, -0.2) is 31.9 Å². The number of allylic oxidation sites excluding steroid dienone is 1. The lowest BCUT2D eigenvalue weighted by molar-refractivity contribution is -0.132. The lowest BCUT2D eigenvalue weighted by Gasteiger charge is -2.25. The van der Waals surface area contributed by atoms with E-state index in [9.17, 15) is 35.2 Å². The molecular weight excluding hydrogens is 415 g/mol. The van der Waals surface area contributed by atoms with Crippen molar-refractivity contribution in [1.29, 1.82) is 0 Å². The summed E-state index contributed by atoms with van der Waals surface area (Å²) in [5.41, 5.74) is -6.19. The molecule has 0 saturated heterocycles. The number of aromatic nitrogens is 1. The minimum atomic E-state index is -5.74. The molecule has 2 aliphatic heterocycles. The number of hydrogen-bond acceptors (Lipinski definition) is 9. The zero-order valence-corrected chi connectivity index (χ0v) is 14.9. The molecule has 146 valence electrons. The first-order valence-corrected chi connectivity index (χ1v) is 10.3. The number of halogens is 3. The fourth-order valence-electron chi connectivity index (χ4n) is 2.28. The number of ether oxygens (including phenoxy) is 1. The molecule has 3 heterocycles. The minimum absolute atomic E-state index is 0.0908. The number of hydrogen-bond donors (Lipinski definition) is 1. The van der Waals surface area contributed by atoms with Crippen molar-refractivity contribution < 1.29 is 40.0 Å². The summed E-state index contributed by atoms with van der Waals surface area (Å²) in [5.74, 6) is -0.398. The van der Waals surface area contributed by atoms with E-state index in [2.05, 4.69) is 9.98 Å². The molecule has 9 nitrogen and oxygen atoms in total. The fourth-order valence-corrected chi connectivity index (χ4v) is 3.89. The molecular formula is C13H10F3N3O6S2. The average Bonchev–Trinajstić information content (AvgIpc) is 2.97. The number of fused-ring (bicyclic) bond motifs is 1. The van der Waals surface area contributed by atoms with E-state index in [1.807, 2.05) is 0 Å². The molecule has 1 aromatic heterocycles. The average molecular weight is 425 g/mol. The zero-order valence-electron chi connectivity index (χ0n) is 13.2. The summed E-state index contributed by atoms with van der Waals surface area (Å²) in [7, 11) is -9.49. The van der Waals surface area contributed by atoms with Crippen molar-refractivity contribution in [1.82, 2.24) is 10.0 Å². The second-order valence-corrected chi connectivity index (χ2v) is 9.36. The number of pyridine rings is 1. The van der Waals surface area contributed by atoms with E-state index < -0.39 is 42.2 Å². The molecule has 1 aromatic rings. The molecule has 1 atom stereocenters. The SMILES string of the molecule is CS(=O)(=O)c1cccnc1C1=NC2=CC(S(=O)(=O)C(F)(F)F)=CN(O)C2O1. The molecule has 1 N–H and O–H groups in total. The maximum Gasteiger partial charge on any atom is 0.501 e. The third kappa shape index (κ3) is 3.30. The summed E-state index contributed by atoms with van der Waals surface area (Å²) in [6.07, 6.45) is 1.59. The van der Waals surface area contributed by atoms with Crippen LogP contribution >= 0.6 is 0 Å². The Hall–Kier alpha value is -2.45. The Balaban J connectivity index is 2.08. The normalized spacial score (nSPS) is 20.4. The minimum Gasteiger partial charge on any atom is -0.444 e. The largest absolute Gasteiger partial charge is 0.501 e. The first kappa shape index (κ1) is 19.3. The lowest BCUT2D eigenvalue weighted by atomic mass is 10.3. The van der Waals surface area contributed by atoms with Gasteiger partial charge in [0.15, 0.2) is 9.84 Å². The van der Waals surface area contributed by atoms with Crippen molar-refractivity contribution in [2.75, 3.05) is 6.26 Å². The highest BCUT2D eigenvalue weighted by Gasteiger charge is 2.50. The van der Waals surface area contributed by atoms with Crippen LogP contribution in [0.1, 0.15) is 5.69 Å². The maximum atomic E-state index is 12.7. The van der Waals surface area contributed by atoms with Crippen molar-refractivity contribution in [2.45, 2.75) is 16.6 Å². The van der Waals surface area contributed by atoms with Crippen molar-refractivity contribution in [2.24, 2.45) is 4.99 Å². The topological polar surface area (TPSA) is 126 Å². The van der Waals surface area contributed by atoms with Crippen LogP contribution in [0.25, 0.3) is 0 Å². The van der Waals surface area contributed by atoms with Gasteiger partial charge in [0.25, 0.3) is 9.84 Å². The smallest absolute Gasteiger partial charge is 0.444 e. The predicted octanol–water partition coefficient (Wildman–Crippen LogP) is 0.953. The molecule has 2 aliphatic rings. The summed E-state index contributed by atoms with van der Waals surface area (Å²) in [4.78, 5) is 6.14. The van der Waals surface area contributed by atoms with E-state index in [-0.39, 0.29) is 21.3 Å².